The first-order valence-electron chi connectivity index (χ1n) is 25.7. The molecule has 0 amide bonds. The molecule has 8 rings (SSSR count). The molecule has 10 heteroatoms. The molecular formula is C54H86O10. The second kappa shape index (κ2) is 16.6. The van der Waals surface area contributed by atoms with E-state index < -0.39 is 93.2 Å². The Kier molecular flexibility index (Phi) is 12.7. The standard InChI is InChI=1S/C54H86O10/c1-27(2)11-17-41(59)53(9,63)39-15-13-29-43-31(19-21-49(29,39)5)51(7)25-37(57)35(55)23-33(51)47(61)45(43)46-44-30-14-16-40(54(10,64)42(60)18-12-28(3)4)50(30,6)22-20-32(44)52(8)26-38(58)36(56)24-34(52)48(46)62/h27-28,31-42,45-46,55-60,63-64H,11-26H2,1-10H3/t31-,32-,33-,34-,35+,36+,37-,38-,39-,40-,41+,42+,45-,46-,49-,50-,51+,52+,53+,54+/m0/s1. The summed E-state index contributed by atoms with van der Waals surface area (Å²) in [6, 6.07) is 0. The van der Waals surface area contributed by atoms with Crippen LogP contribution >= 0.6 is 0 Å². The molecule has 0 aromatic carbocycles. The van der Waals surface area contributed by atoms with Crippen molar-refractivity contribution < 1.29 is 50.4 Å². The van der Waals surface area contributed by atoms with Crippen molar-refractivity contribution in [1.82, 2.24) is 0 Å². The van der Waals surface area contributed by atoms with E-state index in [0.717, 1.165) is 48.0 Å². The van der Waals surface area contributed by atoms with Crippen LogP contribution in [0.4, 0.5) is 0 Å². The van der Waals surface area contributed by atoms with E-state index in [2.05, 4.69) is 55.4 Å². The van der Waals surface area contributed by atoms with E-state index in [9.17, 15) is 40.9 Å². The molecule has 64 heavy (non-hydrogen) atoms. The van der Waals surface area contributed by atoms with Crippen LogP contribution in [0.3, 0.4) is 0 Å². The largest absolute Gasteiger partial charge is 0.390 e. The number of fused-ring (bicyclic) bond motifs is 8. The highest BCUT2D eigenvalue weighted by atomic mass is 16.3. The van der Waals surface area contributed by atoms with Crippen LogP contribution in [0, 0.1) is 80.8 Å². The second-order valence-corrected chi connectivity index (χ2v) is 25.5. The molecular weight excluding hydrogens is 809 g/mol. The molecule has 6 saturated carbocycles. The molecule has 0 spiro atoms. The minimum atomic E-state index is -1.40. The van der Waals surface area contributed by atoms with E-state index in [1.54, 1.807) is 13.8 Å². The number of hydrogen-bond acceptors (Lipinski definition) is 10. The second-order valence-electron chi connectivity index (χ2n) is 25.5. The third-order valence-electron chi connectivity index (χ3n) is 21.1. The Morgan fingerprint density at radius 3 is 1.22 bits per heavy atom. The minimum absolute atomic E-state index is 0.0632. The zero-order valence-corrected chi connectivity index (χ0v) is 40.9. The number of Topliss-reactive ketones (excluding diaryl/α,β-unsaturated/α-hetero) is 2. The van der Waals surface area contributed by atoms with Gasteiger partial charge in [-0.3, -0.25) is 9.59 Å². The molecule has 0 aromatic rings. The monoisotopic (exact) mass is 895 g/mol. The summed E-state index contributed by atoms with van der Waals surface area (Å²) < 4.78 is 0. The maximum atomic E-state index is 16.1. The smallest absolute Gasteiger partial charge is 0.144 e. The Balaban J connectivity index is 1.33. The van der Waals surface area contributed by atoms with E-state index in [0.29, 0.717) is 63.2 Å². The van der Waals surface area contributed by atoms with Gasteiger partial charge in [0.05, 0.1) is 59.7 Å². The molecule has 20 atom stereocenters. The van der Waals surface area contributed by atoms with Crippen LogP contribution in [0.25, 0.3) is 0 Å². The molecule has 10 nitrogen and oxygen atoms in total. The van der Waals surface area contributed by atoms with E-state index in [1.165, 1.54) is 0 Å². The Morgan fingerprint density at radius 2 is 0.891 bits per heavy atom. The predicted molar refractivity (Wildman–Crippen MR) is 245 cm³/mol. The van der Waals surface area contributed by atoms with Crippen molar-refractivity contribution in [3.63, 3.8) is 0 Å². The summed E-state index contributed by atoms with van der Waals surface area (Å²) in [5.74, 6) is -3.19. The Hall–Kier alpha value is -1.50. The maximum absolute atomic E-state index is 16.1. The fourth-order valence-corrected chi connectivity index (χ4v) is 17.4. The van der Waals surface area contributed by atoms with Crippen LogP contribution in [0.2, 0.25) is 0 Å². The van der Waals surface area contributed by atoms with Crippen molar-refractivity contribution in [1.29, 1.82) is 0 Å². The number of rotatable bonds is 11. The number of ketones is 2. The average molecular weight is 895 g/mol. The van der Waals surface area contributed by atoms with Crippen LogP contribution < -0.4 is 0 Å². The number of carbonyl (C=O) groups is 2. The lowest BCUT2D eigenvalue weighted by molar-refractivity contribution is -0.166. The van der Waals surface area contributed by atoms with Crippen LogP contribution in [0.1, 0.15) is 172 Å². The van der Waals surface area contributed by atoms with Crippen molar-refractivity contribution >= 4 is 11.6 Å². The highest BCUT2D eigenvalue weighted by Crippen LogP contribution is 2.72. The van der Waals surface area contributed by atoms with Crippen LogP contribution in [0.15, 0.2) is 22.3 Å². The average Bonchev–Trinajstić information content (AvgIpc) is 3.76. The summed E-state index contributed by atoms with van der Waals surface area (Å²) >= 11 is 0. The SMILES string of the molecule is CC(C)CC[C@@H](O)[C@](C)(O)[C@H]1CCC2=C3[C@@H]([C@H]4C(=O)[C@@H]5C[C@@H](O)[C@@H](O)C[C@]5(C)[C@H]5CC[C@@]6(C)C(=C45)CC[C@@H]6[C@@](C)(O)[C@H](O)CCC(C)C)C(=O)[C@@H]4C[C@@H](O)[C@@H](O)C[C@]4(C)[C@H]3CC[C@@]21C. The number of aliphatic hydroxyl groups is 8. The molecule has 8 N–H and O–H groups in total. The molecule has 362 valence electrons. The van der Waals surface area contributed by atoms with Gasteiger partial charge in [-0.15, -0.1) is 0 Å². The first-order chi connectivity index (χ1) is 29.7. The minimum Gasteiger partial charge on any atom is -0.390 e. The van der Waals surface area contributed by atoms with Crippen molar-refractivity contribution in [2.75, 3.05) is 0 Å². The maximum Gasteiger partial charge on any atom is 0.144 e. The van der Waals surface area contributed by atoms with E-state index in [-0.39, 0.29) is 60.9 Å². The lowest BCUT2D eigenvalue weighted by Crippen LogP contribution is -2.64. The third kappa shape index (κ3) is 7.20. The first-order valence-corrected chi connectivity index (χ1v) is 25.7. The summed E-state index contributed by atoms with van der Waals surface area (Å²) in [6.07, 6.45) is 2.59. The predicted octanol–water partition coefficient (Wildman–Crippen LogP) is 7.00. The number of hydrogen-bond donors (Lipinski definition) is 8. The number of carbonyl (C=O) groups excluding carboxylic acids is 2. The number of allylic oxidation sites excluding steroid dienone is 4. The van der Waals surface area contributed by atoms with Gasteiger partial charge in [0, 0.05) is 11.8 Å². The fraction of sp³-hybridized carbons (Fsp3) is 0.889. The molecule has 8 aliphatic rings. The summed E-state index contributed by atoms with van der Waals surface area (Å²) in [5.41, 5.74) is -1.08. The summed E-state index contributed by atoms with van der Waals surface area (Å²) in [5, 5.41) is 93.6. The van der Waals surface area contributed by atoms with Crippen LogP contribution in [-0.2, 0) is 9.59 Å². The zero-order valence-electron chi connectivity index (χ0n) is 40.9. The Labute approximate surface area is 383 Å². The van der Waals surface area contributed by atoms with Gasteiger partial charge in [-0.05, 0) is 174 Å². The van der Waals surface area contributed by atoms with Crippen LogP contribution in [0.5, 0.6) is 0 Å². The van der Waals surface area contributed by atoms with E-state index >= 15 is 9.59 Å². The molecule has 6 fully saturated rings. The van der Waals surface area contributed by atoms with Gasteiger partial charge in [0.2, 0.25) is 0 Å². The van der Waals surface area contributed by atoms with Crippen LogP contribution in [-0.4, -0.2) is 100 Å². The summed E-state index contributed by atoms with van der Waals surface area (Å²) in [4.78, 5) is 32.3. The lowest BCUT2D eigenvalue weighted by atomic mass is 9.40. The van der Waals surface area contributed by atoms with Gasteiger partial charge in [-0.25, -0.2) is 0 Å². The van der Waals surface area contributed by atoms with Gasteiger partial charge >= 0.3 is 0 Å². The third-order valence-corrected chi connectivity index (χ3v) is 21.1. The topological polar surface area (TPSA) is 196 Å². The first kappa shape index (κ1) is 48.9. The van der Waals surface area contributed by atoms with Gasteiger partial charge < -0.3 is 40.9 Å². The van der Waals surface area contributed by atoms with Crippen molar-refractivity contribution in [2.45, 2.75) is 220 Å². The summed E-state index contributed by atoms with van der Waals surface area (Å²) in [6.45, 7) is 20.7. The van der Waals surface area contributed by atoms with E-state index in [1.807, 2.05) is 0 Å². The molecule has 0 bridgehead atoms. The van der Waals surface area contributed by atoms with Gasteiger partial charge in [-0.2, -0.15) is 0 Å². The van der Waals surface area contributed by atoms with Gasteiger partial charge in [0.25, 0.3) is 0 Å². The molecule has 0 heterocycles. The number of aliphatic hydroxyl groups excluding tert-OH is 6. The van der Waals surface area contributed by atoms with Crippen molar-refractivity contribution in [3.05, 3.63) is 22.3 Å². The quantitative estimate of drug-likeness (QED) is 0.100. The highest BCUT2D eigenvalue weighted by molar-refractivity contribution is 5.98. The molecule has 0 unspecified atom stereocenters. The van der Waals surface area contributed by atoms with Gasteiger partial charge in [-0.1, -0.05) is 77.7 Å². The Morgan fingerprint density at radius 1 is 0.547 bits per heavy atom. The molecule has 8 aliphatic carbocycles. The normalized spacial score (nSPS) is 47.3. The zero-order chi connectivity index (χ0) is 47.0. The lowest BCUT2D eigenvalue weighted by Gasteiger charge is -2.63. The van der Waals surface area contributed by atoms with Crippen molar-refractivity contribution in [2.24, 2.45) is 80.8 Å². The molecule has 0 aromatic heterocycles. The molecule has 0 radical (unpaired) electrons. The van der Waals surface area contributed by atoms with Gasteiger partial charge in [0.1, 0.15) is 11.6 Å². The Bertz CT molecular complexity index is 1760. The molecule has 0 saturated heterocycles. The highest BCUT2D eigenvalue weighted by Gasteiger charge is 2.69. The summed E-state index contributed by atoms with van der Waals surface area (Å²) in [7, 11) is 0. The van der Waals surface area contributed by atoms with Gasteiger partial charge in [0.15, 0.2) is 0 Å². The van der Waals surface area contributed by atoms with E-state index in [4.69, 9.17) is 0 Å². The van der Waals surface area contributed by atoms with Crippen molar-refractivity contribution in [3.8, 4) is 0 Å². The molecule has 0 aliphatic heterocycles. The fourth-order valence-electron chi connectivity index (χ4n) is 17.4.